The molecule has 82 valence electrons. The lowest BCUT2D eigenvalue weighted by molar-refractivity contribution is -0.127. The van der Waals surface area contributed by atoms with Crippen molar-refractivity contribution in [2.24, 2.45) is 0 Å². The number of hydrogen-bond acceptors (Lipinski definition) is 2. The van der Waals surface area contributed by atoms with Crippen LogP contribution in [-0.2, 0) is 9.53 Å². The molecule has 0 aromatic heterocycles. The fraction of sp³-hybridized carbons (Fsp3) is 0.900. The van der Waals surface area contributed by atoms with Crippen LogP contribution in [0.3, 0.4) is 0 Å². The Morgan fingerprint density at radius 1 is 1.57 bits per heavy atom. The van der Waals surface area contributed by atoms with E-state index in [1.54, 1.807) is 0 Å². The first-order valence-electron chi connectivity index (χ1n) is 5.23. The number of ether oxygens (including phenoxy) is 1. The van der Waals surface area contributed by atoms with Crippen LogP contribution >= 0.6 is 15.9 Å². The van der Waals surface area contributed by atoms with Gasteiger partial charge in [0.25, 0.3) is 0 Å². The molecule has 0 aromatic carbocycles. The summed E-state index contributed by atoms with van der Waals surface area (Å²) in [5.41, 5.74) is 0. The summed E-state index contributed by atoms with van der Waals surface area (Å²) in [5, 5.41) is 0. The molecule has 0 saturated carbocycles. The lowest BCUT2D eigenvalue weighted by atomic mass is 10.4. The number of nitrogens with zero attached hydrogens (tertiary/aromatic N) is 1. The molecule has 3 nitrogen and oxygen atoms in total. The standard InChI is InChI=1S/C10H18BrNO2/c1-2-5-14-6-3-4-12-8-9(11)7-10(12)13/h9H,2-8H2,1H3. The summed E-state index contributed by atoms with van der Waals surface area (Å²) < 4.78 is 5.36. The van der Waals surface area contributed by atoms with Gasteiger partial charge >= 0.3 is 0 Å². The number of carbonyl (C=O) groups excluding carboxylic acids is 1. The fourth-order valence-corrected chi connectivity index (χ4v) is 2.17. The zero-order valence-corrected chi connectivity index (χ0v) is 10.3. The van der Waals surface area contributed by atoms with E-state index in [0.29, 0.717) is 11.2 Å². The molecule has 1 heterocycles. The Labute approximate surface area is 93.9 Å². The largest absolute Gasteiger partial charge is 0.381 e. The summed E-state index contributed by atoms with van der Waals surface area (Å²) >= 11 is 3.46. The van der Waals surface area contributed by atoms with Crippen molar-refractivity contribution in [1.29, 1.82) is 0 Å². The summed E-state index contributed by atoms with van der Waals surface area (Å²) in [4.78, 5) is 13.6. The smallest absolute Gasteiger partial charge is 0.223 e. The highest BCUT2D eigenvalue weighted by Gasteiger charge is 2.26. The van der Waals surface area contributed by atoms with Crippen molar-refractivity contribution in [3.8, 4) is 0 Å². The Bertz CT molecular complexity index is 187. The van der Waals surface area contributed by atoms with Crippen LogP contribution in [0.2, 0.25) is 0 Å². The molecule has 1 rings (SSSR count). The number of hydrogen-bond donors (Lipinski definition) is 0. The number of halogens is 1. The second-order valence-corrected chi connectivity index (χ2v) is 4.90. The maximum Gasteiger partial charge on any atom is 0.223 e. The van der Waals surface area contributed by atoms with E-state index in [9.17, 15) is 4.79 Å². The van der Waals surface area contributed by atoms with Gasteiger partial charge in [-0.15, -0.1) is 0 Å². The third-order valence-corrected chi connectivity index (χ3v) is 2.85. The zero-order valence-electron chi connectivity index (χ0n) is 8.67. The molecule has 1 fully saturated rings. The second-order valence-electron chi connectivity index (χ2n) is 3.61. The zero-order chi connectivity index (χ0) is 10.4. The summed E-state index contributed by atoms with van der Waals surface area (Å²) in [5.74, 6) is 0.266. The quantitative estimate of drug-likeness (QED) is 0.541. The Morgan fingerprint density at radius 2 is 2.36 bits per heavy atom. The monoisotopic (exact) mass is 263 g/mol. The number of amides is 1. The van der Waals surface area contributed by atoms with Gasteiger partial charge in [-0.05, 0) is 12.8 Å². The highest BCUT2D eigenvalue weighted by atomic mass is 79.9. The number of likely N-dealkylation sites (tertiary alicyclic amines) is 1. The van der Waals surface area contributed by atoms with Gasteiger partial charge in [-0.2, -0.15) is 0 Å². The summed E-state index contributed by atoms with van der Waals surface area (Å²) in [6, 6.07) is 0. The first kappa shape index (κ1) is 12.0. The van der Waals surface area contributed by atoms with Crippen LogP contribution in [-0.4, -0.2) is 41.9 Å². The average molecular weight is 264 g/mol. The van der Waals surface area contributed by atoms with E-state index >= 15 is 0 Å². The van der Waals surface area contributed by atoms with Gasteiger partial charge in [0, 0.05) is 37.6 Å². The van der Waals surface area contributed by atoms with E-state index in [1.165, 1.54) is 0 Å². The van der Waals surface area contributed by atoms with Gasteiger partial charge in [-0.3, -0.25) is 4.79 Å². The number of alkyl halides is 1. The molecule has 1 amide bonds. The van der Waals surface area contributed by atoms with Gasteiger partial charge in [-0.1, -0.05) is 22.9 Å². The molecule has 0 N–H and O–H groups in total. The molecule has 0 aliphatic carbocycles. The van der Waals surface area contributed by atoms with Gasteiger partial charge in [-0.25, -0.2) is 0 Å². The minimum absolute atomic E-state index is 0.266. The average Bonchev–Trinajstić information content (AvgIpc) is 2.45. The molecule has 4 heteroatoms. The molecule has 1 unspecified atom stereocenters. The Hall–Kier alpha value is -0.0900. The van der Waals surface area contributed by atoms with Crippen LogP contribution in [0.4, 0.5) is 0 Å². The Morgan fingerprint density at radius 3 is 2.93 bits per heavy atom. The number of rotatable bonds is 6. The van der Waals surface area contributed by atoms with Gasteiger partial charge in [0.15, 0.2) is 0 Å². The van der Waals surface area contributed by atoms with E-state index in [2.05, 4.69) is 22.9 Å². The third-order valence-electron chi connectivity index (χ3n) is 2.23. The Kier molecular flexibility index (Phi) is 5.48. The molecule has 0 radical (unpaired) electrons. The molecule has 0 spiro atoms. The van der Waals surface area contributed by atoms with Crippen molar-refractivity contribution >= 4 is 21.8 Å². The maximum atomic E-state index is 11.4. The highest BCUT2D eigenvalue weighted by Crippen LogP contribution is 2.17. The fourth-order valence-electron chi connectivity index (χ4n) is 1.54. The SMILES string of the molecule is CCCOCCCN1CC(Br)CC1=O. The molecule has 1 aliphatic heterocycles. The van der Waals surface area contributed by atoms with E-state index in [1.807, 2.05) is 4.90 Å². The van der Waals surface area contributed by atoms with E-state index in [4.69, 9.17) is 4.74 Å². The first-order valence-corrected chi connectivity index (χ1v) is 6.15. The van der Waals surface area contributed by atoms with Crippen molar-refractivity contribution in [2.75, 3.05) is 26.3 Å². The van der Waals surface area contributed by atoms with Crippen LogP contribution in [0, 0.1) is 0 Å². The van der Waals surface area contributed by atoms with E-state index in [0.717, 1.165) is 39.1 Å². The van der Waals surface area contributed by atoms with Gasteiger partial charge in [0.1, 0.15) is 0 Å². The second kappa shape index (κ2) is 6.40. The van der Waals surface area contributed by atoms with Crippen LogP contribution in [0.15, 0.2) is 0 Å². The Balaban J connectivity index is 2.04. The van der Waals surface area contributed by atoms with Crippen LogP contribution in [0.5, 0.6) is 0 Å². The van der Waals surface area contributed by atoms with Crippen molar-refractivity contribution in [3.05, 3.63) is 0 Å². The minimum Gasteiger partial charge on any atom is -0.381 e. The minimum atomic E-state index is 0.266. The summed E-state index contributed by atoms with van der Waals surface area (Å²) in [6.07, 6.45) is 2.66. The molecular formula is C10H18BrNO2. The maximum absolute atomic E-state index is 11.4. The summed E-state index contributed by atoms with van der Waals surface area (Å²) in [7, 11) is 0. The molecule has 1 aliphatic rings. The lowest BCUT2D eigenvalue weighted by Crippen LogP contribution is -2.27. The van der Waals surface area contributed by atoms with Crippen molar-refractivity contribution in [2.45, 2.75) is 31.0 Å². The van der Waals surface area contributed by atoms with E-state index < -0.39 is 0 Å². The molecule has 14 heavy (non-hydrogen) atoms. The molecule has 0 aromatic rings. The highest BCUT2D eigenvalue weighted by molar-refractivity contribution is 9.09. The normalized spacial score (nSPS) is 22.0. The van der Waals surface area contributed by atoms with Crippen LogP contribution < -0.4 is 0 Å². The predicted octanol–water partition coefficient (Wildman–Crippen LogP) is 1.80. The van der Waals surface area contributed by atoms with Crippen LogP contribution in [0.25, 0.3) is 0 Å². The third kappa shape index (κ3) is 3.96. The molecule has 1 saturated heterocycles. The van der Waals surface area contributed by atoms with E-state index in [-0.39, 0.29) is 5.91 Å². The molecule has 0 bridgehead atoms. The predicted molar refractivity (Wildman–Crippen MR) is 59.6 cm³/mol. The van der Waals surface area contributed by atoms with Crippen LogP contribution in [0.1, 0.15) is 26.2 Å². The lowest BCUT2D eigenvalue weighted by Gasteiger charge is -2.15. The van der Waals surface area contributed by atoms with Gasteiger partial charge in [0.05, 0.1) is 0 Å². The molecular weight excluding hydrogens is 246 g/mol. The first-order chi connectivity index (χ1) is 6.74. The number of carbonyl (C=O) groups is 1. The van der Waals surface area contributed by atoms with Crippen molar-refractivity contribution < 1.29 is 9.53 Å². The topological polar surface area (TPSA) is 29.5 Å². The summed E-state index contributed by atoms with van der Waals surface area (Å²) in [6.45, 7) is 5.39. The van der Waals surface area contributed by atoms with Crippen molar-refractivity contribution in [3.63, 3.8) is 0 Å². The van der Waals surface area contributed by atoms with Crippen molar-refractivity contribution in [1.82, 2.24) is 4.90 Å². The van der Waals surface area contributed by atoms with Gasteiger partial charge in [0.2, 0.25) is 5.91 Å². The molecule has 1 atom stereocenters. The van der Waals surface area contributed by atoms with Gasteiger partial charge < -0.3 is 9.64 Å².